The number of ether oxygens (including phenoxy) is 1. The molecule has 0 aliphatic heterocycles. The molecule has 0 amide bonds. The first-order valence-electron chi connectivity index (χ1n) is 7.20. The lowest BCUT2D eigenvalue weighted by molar-refractivity contribution is 0.458. The van der Waals surface area contributed by atoms with E-state index in [1.165, 1.54) is 0 Å². The first-order chi connectivity index (χ1) is 10.1. The van der Waals surface area contributed by atoms with Gasteiger partial charge in [0.15, 0.2) is 0 Å². The topological polar surface area (TPSA) is 34.1 Å². The Hall–Kier alpha value is -1.58. The van der Waals surface area contributed by atoms with E-state index in [0.29, 0.717) is 10.9 Å². The van der Waals surface area contributed by atoms with Crippen LogP contribution in [0.25, 0.3) is 0 Å². The first-order valence-corrected chi connectivity index (χ1v) is 7.58. The number of hydrogen-bond donors (Lipinski definition) is 1. The summed E-state index contributed by atoms with van der Waals surface area (Å²) in [5, 5.41) is 4.00. The third kappa shape index (κ3) is 4.45. The van der Waals surface area contributed by atoms with Crippen LogP contribution in [-0.2, 0) is 6.54 Å². The fourth-order valence-electron chi connectivity index (χ4n) is 1.98. The smallest absolute Gasteiger partial charge is 0.219 e. The highest BCUT2D eigenvalue weighted by Crippen LogP contribution is 2.27. The number of rotatable bonds is 6. The second kappa shape index (κ2) is 7.43. The van der Waals surface area contributed by atoms with Crippen molar-refractivity contribution in [2.45, 2.75) is 33.7 Å². The highest BCUT2D eigenvalue weighted by Gasteiger charge is 2.07. The summed E-state index contributed by atoms with van der Waals surface area (Å²) >= 11 is 6.18. The third-order valence-electron chi connectivity index (χ3n) is 3.21. The van der Waals surface area contributed by atoms with Crippen LogP contribution in [0.5, 0.6) is 11.6 Å². The van der Waals surface area contributed by atoms with Crippen LogP contribution in [0.1, 0.15) is 30.0 Å². The molecule has 1 N–H and O–H groups in total. The zero-order valence-corrected chi connectivity index (χ0v) is 13.5. The molecule has 0 saturated heterocycles. The largest absolute Gasteiger partial charge is 0.439 e. The maximum absolute atomic E-state index is 6.18. The fraction of sp³-hybridized carbons (Fsp3) is 0.353. The zero-order valence-electron chi connectivity index (χ0n) is 12.7. The lowest BCUT2D eigenvalue weighted by atomic mass is 10.1. The molecule has 0 unspecified atom stereocenters. The van der Waals surface area contributed by atoms with Crippen molar-refractivity contribution in [2.75, 3.05) is 6.54 Å². The molecule has 1 aromatic heterocycles. The van der Waals surface area contributed by atoms with E-state index in [2.05, 4.69) is 23.3 Å². The van der Waals surface area contributed by atoms with Gasteiger partial charge in [0, 0.05) is 18.8 Å². The predicted octanol–water partition coefficient (Wildman–Crippen LogP) is 4.64. The highest BCUT2D eigenvalue weighted by molar-refractivity contribution is 6.31. The molecule has 0 fully saturated rings. The van der Waals surface area contributed by atoms with E-state index in [1.807, 2.05) is 32.0 Å². The van der Waals surface area contributed by atoms with Gasteiger partial charge in [-0.25, -0.2) is 4.98 Å². The number of nitrogens with zero attached hydrogens (tertiary/aromatic N) is 1. The van der Waals surface area contributed by atoms with E-state index in [9.17, 15) is 0 Å². The van der Waals surface area contributed by atoms with Gasteiger partial charge in [-0.3, -0.25) is 0 Å². The van der Waals surface area contributed by atoms with Crippen molar-refractivity contribution in [3.8, 4) is 11.6 Å². The standard InChI is InChI=1S/C17H21ClN2O/c1-4-7-19-10-14-9-17(20-11-15(14)18)21-16-8-12(2)5-6-13(16)3/h5-6,8-9,11,19H,4,7,10H2,1-3H3. The Morgan fingerprint density at radius 2 is 2.05 bits per heavy atom. The van der Waals surface area contributed by atoms with Gasteiger partial charge in [-0.05, 0) is 49.6 Å². The second-order valence-electron chi connectivity index (χ2n) is 5.16. The predicted molar refractivity (Wildman–Crippen MR) is 87.2 cm³/mol. The molecule has 3 nitrogen and oxygen atoms in total. The van der Waals surface area contributed by atoms with Gasteiger partial charge in [0.05, 0.1) is 5.02 Å². The Morgan fingerprint density at radius 1 is 1.24 bits per heavy atom. The summed E-state index contributed by atoms with van der Waals surface area (Å²) < 4.78 is 5.89. The molecule has 2 rings (SSSR count). The number of nitrogens with one attached hydrogen (secondary N) is 1. The van der Waals surface area contributed by atoms with E-state index >= 15 is 0 Å². The molecule has 0 atom stereocenters. The minimum atomic E-state index is 0.571. The molecule has 0 radical (unpaired) electrons. The average Bonchev–Trinajstić information content (AvgIpc) is 2.46. The molecule has 0 bridgehead atoms. The van der Waals surface area contributed by atoms with Crippen molar-refractivity contribution in [2.24, 2.45) is 0 Å². The molecule has 2 aromatic rings. The van der Waals surface area contributed by atoms with Gasteiger partial charge in [-0.2, -0.15) is 0 Å². The van der Waals surface area contributed by atoms with E-state index < -0.39 is 0 Å². The Labute approximate surface area is 131 Å². The maximum Gasteiger partial charge on any atom is 0.219 e. The molecular formula is C17H21ClN2O. The molecule has 0 saturated carbocycles. The van der Waals surface area contributed by atoms with Crippen molar-refractivity contribution in [1.29, 1.82) is 0 Å². The normalized spacial score (nSPS) is 10.7. The van der Waals surface area contributed by atoms with Crippen molar-refractivity contribution in [3.63, 3.8) is 0 Å². The van der Waals surface area contributed by atoms with Crippen molar-refractivity contribution < 1.29 is 4.74 Å². The average molecular weight is 305 g/mol. The van der Waals surface area contributed by atoms with Gasteiger partial charge in [-0.1, -0.05) is 30.7 Å². The van der Waals surface area contributed by atoms with Crippen LogP contribution in [-0.4, -0.2) is 11.5 Å². The Morgan fingerprint density at radius 3 is 2.81 bits per heavy atom. The Balaban J connectivity index is 2.16. The van der Waals surface area contributed by atoms with Crippen LogP contribution < -0.4 is 10.1 Å². The van der Waals surface area contributed by atoms with Gasteiger partial charge < -0.3 is 10.1 Å². The molecular weight excluding hydrogens is 284 g/mol. The molecule has 112 valence electrons. The van der Waals surface area contributed by atoms with E-state index in [1.54, 1.807) is 6.20 Å². The van der Waals surface area contributed by atoms with Gasteiger partial charge in [0.2, 0.25) is 5.88 Å². The summed E-state index contributed by atoms with van der Waals surface area (Å²) in [5.41, 5.74) is 3.25. The Kier molecular flexibility index (Phi) is 5.59. The molecule has 1 aromatic carbocycles. The molecule has 0 aliphatic rings. The van der Waals surface area contributed by atoms with E-state index in [-0.39, 0.29) is 0 Å². The van der Waals surface area contributed by atoms with Gasteiger partial charge >= 0.3 is 0 Å². The van der Waals surface area contributed by atoms with Crippen molar-refractivity contribution in [3.05, 3.63) is 52.2 Å². The summed E-state index contributed by atoms with van der Waals surface area (Å²) in [7, 11) is 0. The van der Waals surface area contributed by atoms with Crippen LogP contribution in [0.4, 0.5) is 0 Å². The number of pyridine rings is 1. The fourth-order valence-corrected chi connectivity index (χ4v) is 2.15. The monoisotopic (exact) mass is 304 g/mol. The van der Waals surface area contributed by atoms with Crippen LogP contribution in [0, 0.1) is 13.8 Å². The minimum Gasteiger partial charge on any atom is -0.439 e. The Bertz CT molecular complexity index is 614. The lowest BCUT2D eigenvalue weighted by Crippen LogP contribution is -2.14. The van der Waals surface area contributed by atoms with Crippen LogP contribution in [0.2, 0.25) is 5.02 Å². The van der Waals surface area contributed by atoms with Crippen LogP contribution in [0.15, 0.2) is 30.5 Å². The molecule has 4 heteroatoms. The summed E-state index contributed by atoms with van der Waals surface area (Å²) in [5.74, 6) is 1.40. The summed E-state index contributed by atoms with van der Waals surface area (Å²) in [6, 6.07) is 8.02. The van der Waals surface area contributed by atoms with Crippen molar-refractivity contribution >= 4 is 11.6 Å². The highest BCUT2D eigenvalue weighted by atomic mass is 35.5. The number of aryl methyl sites for hydroxylation is 2. The van der Waals surface area contributed by atoms with E-state index in [4.69, 9.17) is 16.3 Å². The number of hydrogen-bond acceptors (Lipinski definition) is 3. The molecule has 0 aliphatic carbocycles. The minimum absolute atomic E-state index is 0.571. The number of halogens is 1. The summed E-state index contributed by atoms with van der Waals surface area (Å²) in [4.78, 5) is 4.25. The summed E-state index contributed by atoms with van der Waals surface area (Å²) in [6.45, 7) is 7.89. The molecule has 1 heterocycles. The van der Waals surface area contributed by atoms with Gasteiger partial charge in [0.25, 0.3) is 0 Å². The zero-order chi connectivity index (χ0) is 15.2. The first kappa shape index (κ1) is 15.8. The lowest BCUT2D eigenvalue weighted by Gasteiger charge is -2.11. The third-order valence-corrected chi connectivity index (χ3v) is 3.55. The van der Waals surface area contributed by atoms with E-state index in [0.717, 1.165) is 42.0 Å². The van der Waals surface area contributed by atoms with Crippen LogP contribution >= 0.6 is 11.6 Å². The molecule has 0 spiro atoms. The molecule has 21 heavy (non-hydrogen) atoms. The maximum atomic E-state index is 6.18. The second-order valence-corrected chi connectivity index (χ2v) is 5.57. The quantitative estimate of drug-likeness (QED) is 0.789. The number of aromatic nitrogens is 1. The number of benzene rings is 1. The van der Waals surface area contributed by atoms with Crippen molar-refractivity contribution in [1.82, 2.24) is 10.3 Å². The van der Waals surface area contributed by atoms with Crippen LogP contribution in [0.3, 0.4) is 0 Å². The SMILES string of the molecule is CCCNCc1cc(Oc2cc(C)ccc2C)ncc1Cl. The summed E-state index contributed by atoms with van der Waals surface area (Å²) in [6.07, 6.45) is 2.74. The van der Waals surface area contributed by atoms with Gasteiger partial charge in [0.1, 0.15) is 5.75 Å². The van der Waals surface area contributed by atoms with Gasteiger partial charge in [-0.15, -0.1) is 0 Å².